The fourth-order valence-corrected chi connectivity index (χ4v) is 0. The Morgan fingerprint density at radius 1 is 1.67 bits per heavy atom. The van der Waals surface area contributed by atoms with Crippen molar-refractivity contribution in [1.29, 1.82) is 0 Å². The zero-order valence-corrected chi connectivity index (χ0v) is 9.92. The first-order chi connectivity index (χ1) is 3.33. The topological polar surface area (TPSA) is 73.3 Å². The zero-order valence-electron chi connectivity index (χ0n) is 5.79. The van der Waals surface area contributed by atoms with Crippen molar-refractivity contribution in [2.75, 3.05) is 5.75 Å². The van der Waals surface area contributed by atoms with Crippen molar-refractivity contribution in [2.24, 2.45) is 0 Å². The van der Waals surface area contributed by atoms with Crippen molar-refractivity contribution < 1.29 is 66.9 Å². The second kappa shape index (κ2) is 32.6. The molecule has 0 unspecified atom stereocenters. The predicted molar refractivity (Wildman–Crippen MR) is 35.2 cm³/mol. The molecule has 0 aromatic rings. The molecule has 9 heavy (non-hydrogen) atoms. The summed E-state index contributed by atoms with van der Waals surface area (Å²) >= 11 is 3.29. The van der Waals surface area contributed by atoms with Gasteiger partial charge in [-0.25, -0.2) is 0 Å². The Bertz CT molecular complexity index is 26.5. The van der Waals surface area contributed by atoms with Gasteiger partial charge in [0.25, 0.3) is 0 Å². The first kappa shape index (κ1) is 22.4. The molecule has 0 fully saturated rings. The molecule has 0 aromatic heterocycles. The Labute approximate surface area is 105 Å². The van der Waals surface area contributed by atoms with Crippen LogP contribution in [0.15, 0.2) is 0 Å². The fourth-order valence-electron chi connectivity index (χ4n) is 0. The SMILES string of the molecule is CCC[SH2+].[K+].[O-][B]O.[OH-]. The molecule has 0 saturated carbocycles. The molecular formula is C3H11BKO3S. The summed E-state index contributed by atoms with van der Waals surface area (Å²) in [5, 5.41) is 15.2. The molecule has 3 nitrogen and oxygen atoms in total. The molecule has 0 atom stereocenters. The first-order valence-corrected chi connectivity index (χ1v) is 2.76. The zero-order chi connectivity index (χ0) is 6.12. The van der Waals surface area contributed by atoms with Crippen LogP contribution in [0.3, 0.4) is 0 Å². The van der Waals surface area contributed by atoms with Crippen LogP contribution in [0, 0.1) is 0 Å². The molecule has 0 spiro atoms. The van der Waals surface area contributed by atoms with Gasteiger partial charge in [0.05, 0.1) is 0 Å². The molecule has 0 aliphatic rings. The summed E-state index contributed by atoms with van der Waals surface area (Å²) < 4.78 is 0. The van der Waals surface area contributed by atoms with Crippen LogP contribution in [0.2, 0.25) is 0 Å². The van der Waals surface area contributed by atoms with E-state index in [9.17, 15) is 0 Å². The summed E-state index contributed by atoms with van der Waals surface area (Å²) in [7, 11) is -0.250. The fraction of sp³-hybridized carbons (Fsp3) is 1.00. The van der Waals surface area contributed by atoms with Gasteiger partial charge in [-0.2, -0.15) is 0 Å². The van der Waals surface area contributed by atoms with Gasteiger partial charge in [-0.15, -0.1) is 0 Å². The quantitative estimate of drug-likeness (QED) is 0.322. The third-order valence-corrected chi connectivity index (χ3v) is 0.750. The maximum Gasteiger partial charge on any atom is 1.00 e. The van der Waals surface area contributed by atoms with E-state index in [1.807, 2.05) is 0 Å². The van der Waals surface area contributed by atoms with Crippen LogP contribution in [-0.4, -0.2) is 23.9 Å². The van der Waals surface area contributed by atoms with Crippen LogP contribution in [0.1, 0.15) is 13.3 Å². The minimum absolute atomic E-state index is 0. The molecule has 0 aromatic carbocycles. The molecule has 2 N–H and O–H groups in total. The van der Waals surface area contributed by atoms with E-state index in [4.69, 9.17) is 10.0 Å². The normalized spacial score (nSPS) is 4.89. The monoisotopic (exact) mass is 177 g/mol. The van der Waals surface area contributed by atoms with Crippen molar-refractivity contribution >= 4 is 20.3 Å². The van der Waals surface area contributed by atoms with E-state index < -0.39 is 0 Å². The van der Waals surface area contributed by atoms with Crippen molar-refractivity contribution in [1.82, 2.24) is 0 Å². The van der Waals surface area contributed by atoms with Crippen molar-refractivity contribution in [3.63, 3.8) is 0 Å². The molecule has 0 heterocycles. The Hall–Kier alpha value is 1.93. The van der Waals surface area contributed by atoms with Gasteiger partial charge in [0.15, 0.2) is 7.69 Å². The maximum atomic E-state index is 8.36. The van der Waals surface area contributed by atoms with E-state index in [2.05, 4.69) is 19.6 Å². The Morgan fingerprint density at radius 3 is 1.78 bits per heavy atom. The van der Waals surface area contributed by atoms with Gasteiger partial charge in [-0.05, 0) is 19.0 Å². The van der Waals surface area contributed by atoms with Crippen LogP contribution in [0.4, 0.5) is 0 Å². The van der Waals surface area contributed by atoms with Crippen LogP contribution in [-0.2, 0) is 12.6 Å². The molecule has 51 valence electrons. The predicted octanol–water partition coefficient (Wildman–Crippen LogP) is -4.89. The van der Waals surface area contributed by atoms with Gasteiger partial charge in [-0.1, -0.05) is 6.92 Å². The van der Waals surface area contributed by atoms with Crippen molar-refractivity contribution in [3.8, 4) is 0 Å². The van der Waals surface area contributed by atoms with E-state index in [1.54, 1.807) is 0 Å². The number of hydrogen-bond donors (Lipinski definition) is 1. The van der Waals surface area contributed by atoms with E-state index >= 15 is 0 Å². The van der Waals surface area contributed by atoms with E-state index in [0.29, 0.717) is 0 Å². The molecule has 1 radical (unpaired) electrons. The third kappa shape index (κ3) is 72.7. The van der Waals surface area contributed by atoms with Crippen LogP contribution in [0.25, 0.3) is 0 Å². The molecule has 0 saturated heterocycles. The Morgan fingerprint density at radius 2 is 1.78 bits per heavy atom. The first-order valence-electron chi connectivity index (χ1n) is 2.05. The van der Waals surface area contributed by atoms with Crippen LogP contribution >= 0.6 is 0 Å². The standard InChI is InChI=1S/C3H8S.BHO2.K.H2O/c1-2-3-4;2-1-3;;/h4H,2-3H2,1H3;2H;;1H2/q;-1;+1;. The van der Waals surface area contributed by atoms with Gasteiger partial charge in [0, 0.05) is 0 Å². The largest absolute Gasteiger partial charge is 1.00 e. The summed E-state index contributed by atoms with van der Waals surface area (Å²) in [5.74, 6) is 1.12. The Kier molecular flexibility index (Phi) is 81.2. The molecule has 0 amide bonds. The minimum Gasteiger partial charge on any atom is -0.870 e. The smallest absolute Gasteiger partial charge is 0.870 e. The van der Waals surface area contributed by atoms with Gasteiger partial charge in [0.1, 0.15) is 5.75 Å². The summed E-state index contributed by atoms with van der Waals surface area (Å²) in [6.45, 7) is 2.13. The van der Waals surface area contributed by atoms with Crippen molar-refractivity contribution in [2.45, 2.75) is 13.3 Å². The van der Waals surface area contributed by atoms with Crippen LogP contribution in [0.5, 0.6) is 0 Å². The summed E-state index contributed by atoms with van der Waals surface area (Å²) in [6.07, 6.45) is 1.23. The molecule has 0 rings (SSSR count). The van der Waals surface area contributed by atoms with Gasteiger partial charge in [-0.3, -0.25) is 0 Å². The molecular weight excluding hydrogens is 166 g/mol. The van der Waals surface area contributed by atoms with Crippen molar-refractivity contribution in [3.05, 3.63) is 0 Å². The number of hydrogen-bond acceptors (Lipinski definition) is 3. The molecule has 6 heteroatoms. The molecule has 0 aliphatic heterocycles. The van der Waals surface area contributed by atoms with Gasteiger partial charge >= 0.3 is 51.4 Å². The number of rotatable bonds is 1. The maximum absolute atomic E-state index is 8.36. The van der Waals surface area contributed by atoms with E-state index in [-0.39, 0.29) is 64.5 Å². The van der Waals surface area contributed by atoms with Crippen LogP contribution < -0.4 is 56.4 Å². The van der Waals surface area contributed by atoms with E-state index in [1.165, 1.54) is 6.42 Å². The average Bonchev–Trinajstić information content (AvgIpc) is 1.69. The third-order valence-electron chi connectivity index (χ3n) is 0.250. The average molecular weight is 177 g/mol. The molecule has 0 bridgehead atoms. The second-order valence-electron chi connectivity index (χ2n) is 0.855. The minimum atomic E-state index is -0.250. The summed E-state index contributed by atoms with van der Waals surface area (Å²) in [5.41, 5.74) is 0. The second-order valence-corrected chi connectivity index (χ2v) is 1.36. The summed E-state index contributed by atoms with van der Waals surface area (Å²) in [6, 6.07) is 0. The Balaban J connectivity index is -0.0000000233. The van der Waals surface area contributed by atoms with E-state index in [0.717, 1.165) is 5.75 Å². The van der Waals surface area contributed by atoms with Gasteiger partial charge < -0.3 is 15.5 Å². The summed E-state index contributed by atoms with van der Waals surface area (Å²) in [4.78, 5) is 0. The van der Waals surface area contributed by atoms with Gasteiger partial charge in [0.2, 0.25) is 0 Å². The molecule has 0 aliphatic carbocycles.